The number of benzene rings is 1. The van der Waals surface area contributed by atoms with Crippen LogP contribution in [-0.2, 0) is 6.54 Å². The molecule has 0 heterocycles. The number of primary amides is 1. The van der Waals surface area contributed by atoms with Crippen molar-refractivity contribution in [3.63, 3.8) is 0 Å². The quantitative estimate of drug-likeness (QED) is 0.765. The molecule has 1 rings (SSSR count). The van der Waals surface area contributed by atoms with Crippen molar-refractivity contribution in [2.45, 2.75) is 53.1 Å². The zero-order chi connectivity index (χ0) is 15.1. The average molecular weight is 276 g/mol. The molecular formula is C17H28N2O. The van der Waals surface area contributed by atoms with Gasteiger partial charge in [-0.25, -0.2) is 0 Å². The highest BCUT2D eigenvalue weighted by Crippen LogP contribution is 2.14. The minimum absolute atomic E-state index is 0.368. The van der Waals surface area contributed by atoms with Gasteiger partial charge in [0.25, 0.3) is 0 Å². The number of carbonyl (C=O) groups excluding carboxylic acids is 1. The minimum Gasteiger partial charge on any atom is -0.366 e. The fraction of sp³-hybridized carbons (Fsp3) is 0.588. The Kier molecular flexibility index (Phi) is 6.73. The molecule has 0 spiro atoms. The van der Waals surface area contributed by atoms with Crippen molar-refractivity contribution in [2.24, 2.45) is 17.6 Å². The topological polar surface area (TPSA) is 55.1 Å². The van der Waals surface area contributed by atoms with Crippen LogP contribution >= 0.6 is 0 Å². The standard InChI is InChI=1S/C17H28N2O/c1-12(2)8-16(9-13(3)4)19-11-14-6-5-7-15(10-14)17(18)20/h5-7,10,12-13,16,19H,8-9,11H2,1-4H3,(H2,18,20). The SMILES string of the molecule is CC(C)CC(CC(C)C)NCc1cccc(C(N)=O)c1. The Morgan fingerprint density at radius 3 is 2.25 bits per heavy atom. The second-order valence-corrected chi connectivity index (χ2v) is 6.40. The molecule has 1 amide bonds. The minimum atomic E-state index is -0.368. The van der Waals surface area contributed by atoms with E-state index in [0.29, 0.717) is 23.4 Å². The molecule has 0 aliphatic carbocycles. The van der Waals surface area contributed by atoms with Crippen molar-refractivity contribution in [1.82, 2.24) is 5.32 Å². The largest absolute Gasteiger partial charge is 0.366 e. The molecule has 0 bridgehead atoms. The summed E-state index contributed by atoms with van der Waals surface area (Å²) < 4.78 is 0. The third-order valence-electron chi connectivity index (χ3n) is 3.32. The number of carbonyl (C=O) groups is 1. The van der Waals surface area contributed by atoms with E-state index in [9.17, 15) is 4.79 Å². The second-order valence-electron chi connectivity index (χ2n) is 6.40. The first-order valence-corrected chi connectivity index (χ1v) is 7.50. The summed E-state index contributed by atoms with van der Waals surface area (Å²) in [6.45, 7) is 9.79. The van der Waals surface area contributed by atoms with Crippen molar-refractivity contribution < 1.29 is 4.79 Å². The van der Waals surface area contributed by atoms with Gasteiger partial charge >= 0.3 is 0 Å². The molecule has 0 fully saturated rings. The van der Waals surface area contributed by atoms with Crippen LogP contribution in [0.25, 0.3) is 0 Å². The average Bonchev–Trinajstić information content (AvgIpc) is 2.35. The fourth-order valence-electron chi connectivity index (χ4n) is 2.50. The Balaban J connectivity index is 2.61. The third-order valence-corrected chi connectivity index (χ3v) is 3.32. The van der Waals surface area contributed by atoms with Crippen LogP contribution in [0.15, 0.2) is 24.3 Å². The van der Waals surface area contributed by atoms with Gasteiger partial charge in [0, 0.05) is 18.2 Å². The summed E-state index contributed by atoms with van der Waals surface area (Å²) in [4.78, 5) is 11.2. The van der Waals surface area contributed by atoms with Gasteiger partial charge in [-0.2, -0.15) is 0 Å². The second kappa shape index (κ2) is 8.05. The van der Waals surface area contributed by atoms with Crippen molar-refractivity contribution in [3.05, 3.63) is 35.4 Å². The molecule has 0 aliphatic heterocycles. The van der Waals surface area contributed by atoms with E-state index in [2.05, 4.69) is 33.0 Å². The van der Waals surface area contributed by atoms with Crippen LogP contribution in [0, 0.1) is 11.8 Å². The first-order valence-electron chi connectivity index (χ1n) is 7.50. The maximum atomic E-state index is 11.2. The van der Waals surface area contributed by atoms with Crippen LogP contribution in [0.4, 0.5) is 0 Å². The van der Waals surface area contributed by atoms with Gasteiger partial charge in [-0.05, 0) is 42.4 Å². The van der Waals surface area contributed by atoms with Gasteiger partial charge in [0.15, 0.2) is 0 Å². The summed E-state index contributed by atoms with van der Waals surface area (Å²) in [5.41, 5.74) is 7.00. The van der Waals surface area contributed by atoms with Crippen LogP contribution in [0.1, 0.15) is 56.5 Å². The fourth-order valence-corrected chi connectivity index (χ4v) is 2.50. The van der Waals surface area contributed by atoms with Crippen molar-refractivity contribution >= 4 is 5.91 Å². The van der Waals surface area contributed by atoms with E-state index in [4.69, 9.17) is 5.73 Å². The summed E-state index contributed by atoms with van der Waals surface area (Å²) in [5.74, 6) is 0.999. The summed E-state index contributed by atoms with van der Waals surface area (Å²) in [6.07, 6.45) is 2.35. The van der Waals surface area contributed by atoms with Crippen LogP contribution in [0.3, 0.4) is 0 Å². The Morgan fingerprint density at radius 1 is 1.15 bits per heavy atom. The molecule has 20 heavy (non-hydrogen) atoms. The lowest BCUT2D eigenvalue weighted by molar-refractivity contribution is 0.1000. The van der Waals surface area contributed by atoms with Crippen LogP contribution in [0.5, 0.6) is 0 Å². The zero-order valence-corrected chi connectivity index (χ0v) is 13.1. The van der Waals surface area contributed by atoms with Gasteiger partial charge in [-0.15, -0.1) is 0 Å². The van der Waals surface area contributed by atoms with Crippen molar-refractivity contribution in [1.29, 1.82) is 0 Å². The van der Waals surface area contributed by atoms with Crippen molar-refractivity contribution in [3.8, 4) is 0 Å². The first kappa shape index (κ1) is 16.7. The summed E-state index contributed by atoms with van der Waals surface area (Å²) in [5, 5.41) is 3.61. The summed E-state index contributed by atoms with van der Waals surface area (Å²) in [7, 11) is 0. The Morgan fingerprint density at radius 2 is 1.75 bits per heavy atom. The number of nitrogens with one attached hydrogen (secondary N) is 1. The van der Waals surface area contributed by atoms with E-state index in [0.717, 1.165) is 12.1 Å². The van der Waals surface area contributed by atoms with E-state index in [1.54, 1.807) is 6.07 Å². The molecule has 3 nitrogen and oxygen atoms in total. The summed E-state index contributed by atoms with van der Waals surface area (Å²) >= 11 is 0. The maximum Gasteiger partial charge on any atom is 0.248 e. The van der Waals surface area contributed by atoms with E-state index in [-0.39, 0.29) is 5.91 Å². The molecule has 1 aromatic rings. The Hall–Kier alpha value is -1.35. The molecule has 0 radical (unpaired) electrons. The molecule has 112 valence electrons. The molecule has 0 aliphatic rings. The summed E-state index contributed by atoms with van der Waals surface area (Å²) in [6, 6.07) is 8.06. The molecular weight excluding hydrogens is 248 g/mol. The van der Waals surface area contributed by atoms with Gasteiger partial charge in [-0.1, -0.05) is 39.8 Å². The third kappa shape index (κ3) is 6.20. The number of rotatable bonds is 8. The lowest BCUT2D eigenvalue weighted by atomic mass is 9.95. The smallest absolute Gasteiger partial charge is 0.248 e. The van der Waals surface area contributed by atoms with Crippen LogP contribution in [0.2, 0.25) is 0 Å². The van der Waals surface area contributed by atoms with E-state index in [1.807, 2.05) is 18.2 Å². The van der Waals surface area contributed by atoms with Gasteiger partial charge in [-0.3, -0.25) is 4.79 Å². The van der Waals surface area contributed by atoms with Gasteiger partial charge in [0.05, 0.1) is 0 Å². The predicted molar refractivity (Wildman–Crippen MR) is 84.5 cm³/mol. The number of nitrogens with two attached hydrogens (primary N) is 1. The zero-order valence-electron chi connectivity index (χ0n) is 13.1. The number of hydrogen-bond acceptors (Lipinski definition) is 2. The molecule has 0 unspecified atom stereocenters. The molecule has 0 saturated carbocycles. The maximum absolute atomic E-state index is 11.2. The van der Waals surface area contributed by atoms with Crippen LogP contribution < -0.4 is 11.1 Å². The van der Waals surface area contributed by atoms with Gasteiger partial charge < -0.3 is 11.1 Å². The molecule has 3 N–H and O–H groups in total. The first-order chi connectivity index (χ1) is 9.38. The monoisotopic (exact) mass is 276 g/mol. The van der Waals surface area contributed by atoms with Gasteiger partial charge in [0.2, 0.25) is 5.91 Å². The van der Waals surface area contributed by atoms with Gasteiger partial charge in [0.1, 0.15) is 0 Å². The molecule has 0 saturated heterocycles. The Bertz CT molecular complexity index is 417. The van der Waals surface area contributed by atoms with Crippen LogP contribution in [-0.4, -0.2) is 11.9 Å². The highest BCUT2D eigenvalue weighted by Gasteiger charge is 2.12. The Labute approximate surface area is 122 Å². The van der Waals surface area contributed by atoms with E-state index >= 15 is 0 Å². The predicted octanol–water partition coefficient (Wildman–Crippen LogP) is 3.34. The number of hydrogen-bond donors (Lipinski definition) is 2. The van der Waals surface area contributed by atoms with Crippen molar-refractivity contribution in [2.75, 3.05) is 0 Å². The molecule has 3 heteroatoms. The molecule has 0 atom stereocenters. The highest BCUT2D eigenvalue weighted by atomic mass is 16.1. The highest BCUT2D eigenvalue weighted by molar-refractivity contribution is 5.92. The lowest BCUT2D eigenvalue weighted by Crippen LogP contribution is -2.31. The lowest BCUT2D eigenvalue weighted by Gasteiger charge is -2.22. The normalized spacial score (nSPS) is 11.6. The van der Waals surface area contributed by atoms with E-state index < -0.39 is 0 Å². The number of amides is 1. The van der Waals surface area contributed by atoms with E-state index in [1.165, 1.54) is 12.8 Å². The molecule has 0 aromatic heterocycles. The molecule has 1 aromatic carbocycles.